The van der Waals surface area contributed by atoms with Crippen LogP contribution in [0.1, 0.15) is 72.0 Å². The summed E-state index contributed by atoms with van der Waals surface area (Å²) in [4.78, 5) is 44.3. The zero-order chi connectivity index (χ0) is 34.5. The van der Waals surface area contributed by atoms with Crippen LogP contribution in [0.5, 0.6) is 0 Å². The summed E-state index contributed by atoms with van der Waals surface area (Å²) in [6, 6.07) is 8.21. The molecule has 0 fully saturated rings. The number of hydrogen-bond donors (Lipinski definition) is 1. The summed E-state index contributed by atoms with van der Waals surface area (Å²) in [5.41, 5.74) is 1.54. The maximum absolute atomic E-state index is 15.6. The third-order valence-electron chi connectivity index (χ3n) is 7.84. The zero-order valence-electron chi connectivity index (χ0n) is 27.2. The molecule has 0 bridgehead atoms. The van der Waals surface area contributed by atoms with Gasteiger partial charge in [-0.1, -0.05) is 32.0 Å². The number of alkyl halides is 3. The highest BCUT2D eigenvalue weighted by atomic mass is 19.4. The first kappa shape index (κ1) is 36.3. The van der Waals surface area contributed by atoms with Gasteiger partial charge in [-0.15, -0.1) is 0 Å². The van der Waals surface area contributed by atoms with E-state index in [-0.39, 0.29) is 42.0 Å². The molecule has 0 radical (unpaired) electrons. The Balaban J connectivity index is 2.12. The third kappa shape index (κ3) is 8.99. The molecule has 0 aliphatic heterocycles. The number of aliphatic imine (C=N–C) groups is 1. The number of likely N-dealkylation sites (N-methyl/N-ethyl adjacent to an activating group) is 1. The summed E-state index contributed by atoms with van der Waals surface area (Å²) in [5, 5.41) is 9.69. The number of carboxylic acids is 1. The molecular weight excluding hydrogens is 602 g/mol. The van der Waals surface area contributed by atoms with E-state index in [0.717, 1.165) is 33.7 Å². The molecule has 2 unspecified atom stereocenters. The van der Waals surface area contributed by atoms with Crippen LogP contribution in [0.25, 0.3) is 11.1 Å². The van der Waals surface area contributed by atoms with Crippen molar-refractivity contribution in [1.29, 1.82) is 0 Å². The summed E-state index contributed by atoms with van der Waals surface area (Å²) in [6.45, 7) is 9.25. The van der Waals surface area contributed by atoms with Crippen molar-refractivity contribution in [3.8, 4) is 11.1 Å². The number of hydrogen-bond acceptors (Lipinski definition) is 4. The number of halogens is 4. The third-order valence-corrected chi connectivity index (χ3v) is 7.84. The van der Waals surface area contributed by atoms with Gasteiger partial charge in [0.1, 0.15) is 11.9 Å². The van der Waals surface area contributed by atoms with E-state index in [4.69, 9.17) is 0 Å². The molecule has 2 atom stereocenters. The van der Waals surface area contributed by atoms with Gasteiger partial charge in [0.15, 0.2) is 0 Å². The van der Waals surface area contributed by atoms with Crippen LogP contribution < -0.4 is 5.56 Å². The van der Waals surface area contributed by atoms with Crippen molar-refractivity contribution >= 4 is 18.1 Å². The van der Waals surface area contributed by atoms with Crippen LogP contribution >= 0.6 is 0 Å². The van der Waals surface area contributed by atoms with Gasteiger partial charge in [-0.05, 0) is 105 Å². The lowest BCUT2D eigenvalue weighted by atomic mass is 9.88. The molecule has 46 heavy (non-hydrogen) atoms. The Hall–Kier alpha value is -4.12. The van der Waals surface area contributed by atoms with Gasteiger partial charge >= 0.3 is 12.1 Å². The lowest BCUT2D eigenvalue weighted by Gasteiger charge is -2.22. The number of rotatable bonds is 12. The monoisotopic (exact) mass is 643 g/mol. The normalized spacial score (nSPS) is 13.5. The summed E-state index contributed by atoms with van der Waals surface area (Å²) < 4.78 is 58.1. The molecule has 3 aromatic rings. The van der Waals surface area contributed by atoms with Gasteiger partial charge in [0.05, 0.1) is 12.0 Å². The van der Waals surface area contributed by atoms with Crippen molar-refractivity contribution in [2.45, 2.75) is 72.0 Å². The Morgan fingerprint density at radius 2 is 1.67 bits per heavy atom. The van der Waals surface area contributed by atoms with Gasteiger partial charge in [-0.3, -0.25) is 14.4 Å². The summed E-state index contributed by atoms with van der Waals surface area (Å²) in [6.07, 6.45) is -3.16. The molecule has 0 saturated heterocycles. The van der Waals surface area contributed by atoms with Crippen molar-refractivity contribution in [3.05, 3.63) is 92.1 Å². The second kappa shape index (κ2) is 15.0. The highest BCUT2D eigenvalue weighted by molar-refractivity contribution is 5.91. The lowest BCUT2D eigenvalue weighted by molar-refractivity contribution is -0.138. The van der Waals surface area contributed by atoms with Crippen LogP contribution in [-0.4, -0.2) is 53.3 Å². The number of amides is 1. The van der Waals surface area contributed by atoms with E-state index in [1.807, 2.05) is 32.0 Å². The predicted molar refractivity (Wildman–Crippen MR) is 171 cm³/mol. The molecule has 1 amide bonds. The molecule has 11 heteroatoms. The Kier molecular flexibility index (Phi) is 11.8. The fourth-order valence-electron chi connectivity index (χ4n) is 5.58. The van der Waals surface area contributed by atoms with E-state index in [9.17, 15) is 32.7 Å². The number of benzene rings is 2. The lowest BCUT2D eigenvalue weighted by Crippen LogP contribution is -2.32. The van der Waals surface area contributed by atoms with Crippen LogP contribution in [0.2, 0.25) is 0 Å². The minimum absolute atomic E-state index is 0.0238. The Bertz CT molecular complexity index is 1660. The summed E-state index contributed by atoms with van der Waals surface area (Å²) >= 11 is 0. The average Bonchev–Trinajstić information content (AvgIpc) is 2.94. The highest BCUT2D eigenvalue weighted by Crippen LogP contribution is 2.34. The zero-order valence-corrected chi connectivity index (χ0v) is 27.2. The van der Waals surface area contributed by atoms with E-state index in [1.54, 1.807) is 51.9 Å². The number of pyridine rings is 1. The quantitative estimate of drug-likeness (QED) is 0.167. The van der Waals surface area contributed by atoms with Crippen LogP contribution in [0.4, 0.5) is 17.6 Å². The van der Waals surface area contributed by atoms with Crippen molar-refractivity contribution < 1.29 is 32.3 Å². The Morgan fingerprint density at radius 3 is 2.22 bits per heavy atom. The van der Waals surface area contributed by atoms with E-state index in [2.05, 4.69) is 4.99 Å². The summed E-state index contributed by atoms with van der Waals surface area (Å²) in [5.74, 6) is -4.05. The first-order chi connectivity index (χ1) is 21.4. The van der Waals surface area contributed by atoms with Crippen molar-refractivity contribution in [2.24, 2.45) is 10.9 Å². The first-order valence-electron chi connectivity index (χ1n) is 15.0. The van der Waals surface area contributed by atoms with Crippen LogP contribution in [0.3, 0.4) is 0 Å². The Morgan fingerprint density at radius 1 is 1.04 bits per heavy atom. The van der Waals surface area contributed by atoms with Crippen LogP contribution in [0, 0.1) is 32.5 Å². The second-order valence-corrected chi connectivity index (χ2v) is 12.4. The van der Waals surface area contributed by atoms with Crippen LogP contribution in [-0.2, 0) is 22.2 Å². The van der Waals surface area contributed by atoms with Crippen molar-refractivity contribution in [3.63, 3.8) is 0 Å². The van der Waals surface area contributed by atoms with Crippen molar-refractivity contribution in [2.75, 3.05) is 20.6 Å². The topological polar surface area (TPSA) is 92.0 Å². The number of aromatic nitrogens is 1. The molecule has 248 valence electrons. The minimum Gasteiger partial charge on any atom is -0.481 e. The van der Waals surface area contributed by atoms with Gasteiger partial charge in [-0.2, -0.15) is 13.2 Å². The SMILES string of the molecule is Cc1cc(-c2c(C)cccc2C)cc(C(C=NC(=O)C(CC(C)C)n2cc(CCN(C)C)c(C(F)(F)F)cc2=O)CC(=O)O)c1F. The Labute approximate surface area is 266 Å². The molecule has 1 N–H and O–H groups in total. The van der Waals surface area contributed by atoms with E-state index >= 15 is 4.39 Å². The number of carbonyl (C=O) groups is 2. The second-order valence-electron chi connectivity index (χ2n) is 12.4. The molecule has 2 aromatic carbocycles. The van der Waals surface area contributed by atoms with Crippen molar-refractivity contribution in [1.82, 2.24) is 9.47 Å². The number of nitrogens with zero attached hydrogens (tertiary/aromatic N) is 3. The molecule has 0 spiro atoms. The van der Waals surface area contributed by atoms with Gasteiger partial charge in [0, 0.05) is 30.9 Å². The predicted octanol–water partition coefficient (Wildman–Crippen LogP) is 7.15. The standard InChI is InChI=1S/C35H41F4N3O4/c1-20(2)13-29(42-19-24(11-12-41(6)7)28(17-30(42)43)35(37,38)39)34(46)40-18-26(16-31(44)45)27-15-25(14-23(5)33(27)36)32-21(3)9-8-10-22(32)4/h8-10,14-15,17-20,26,29H,11-13,16H2,1-7H3,(H,44,45). The maximum atomic E-state index is 15.6. The molecule has 0 saturated carbocycles. The smallest absolute Gasteiger partial charge is 0.416 e. The number of aryl methyl sites for hydroxylation is 3. The molecule has 7 nitrogen and oxygen atoms in total. The van der Waals surface area contributed by atoms with E-state index < -0.39 is 53.4 Å². The van der Waals surface area contributed by atoms with Gasteiger partial charge in [0.2, 0.25) is 0 Å². The molecule has 3 rings (SSSR count). The van der Waals surface area contributed by atoms with Gasteiger partial charge in [0.25, 0.3) is 11.5 Å². The first-order valence-corrected chi connectivity index (χ1v) is 15.0. The fraction of sp³-hybridized carbons (Fsp3) is 0.429. The highest BCUT2D eigenvalue weighted by Gasteiger charge is 2.35. The van der Waals surface area contributed by atoms with E-state index in [1.165, 1.54) is 0 Å². The number of carbonyl (C=O) groups excluding carboxylic acids is 1. The number of aliphatic carboxylic acids is 1. The van der Waals surface area contributed by atoms with Gasteiger partial charge in [-0.25, -0.2) is 9.38 Å². The molecule has 1 heterocycles. The minimum atomic E-state index is -4.77. The average molecular weight is 644 g/mol. The van der Waals surface area contributed by atoms with Gasteiger partial charge < -0.3 is 14.6 Å². The molecular formula is C35H41F4N3O4. The fourth-order valence-corrected chi connectivity index (χ4v) is 5.58. The largest absolute Gasteiger partial charge is 0.481 e. The van der Waals surface area contributed by atoms with Crippen LogP contribution in [0.15, 0.2) is 52.4 Å². The number of carboxylic acid groups (broad SMARTS) is 1. The molecule has 0 aliphatic carbocycles. The van der Waals surface area contributed by atoms with E-state index in [0.29, 0.717) is 11.6 Å². The molecule has 0 aliphatic rings. The maximum Gasteiger partial charge on any atom is 0.416 e. The molecule has 1 aromatic heterocycles. The summed E-state index contributed by atoms with van der Waals surface area (Å²) in [7, 11) is 3.41.